The van der Waals surface area contributed by atoms with Gasteiger partial charge in [-0.25, -0.2) is 0 Å². The quantitative estimate of drug-likeness (QED) is 0.701. The van der Waals surface area contributed by atoms with E-state index in [0.717, 1.165) is 6.42 Å². The van der Waals surface area contributed by atoms with Crippen LogP contribution in [0.15, 0.2) is 47.6 Å². The number of allylic oxidation sites excluding steroid dienone is 3. The number of fused-ring (bicyclic) bond motifs is 2. The summed E-state index contributed by atoms with van der Waals surface area (Å²) in [5.41, 5.74) is 6.46. The summed E-state index contributed by atoms with van der Waals surface area (Å²) < 4.78 is 5.70. The van der Waals surface area contributed by atoms with E-state index in [0.29, 0.717) is 0 Å². The van der Waals surface area contributed by atoms with Crippen molar-refractivity contribution in [2.24, 2.45) is 0 Å². The van der Waals surface area contributed by atoms with E-state index in [9.17, 15) is 0 Å². The number of ether oxygens (including phenoxy) is 1. The molecule has 0 radical (unpaired) electrons. The van der Waals surface area contributed by atoms with Gasteiger partial charge in [0.2, 0.25) is 0 Å². The Morgan fingerprint density at radius 2 is 2.18 bits per heavy atom. The molecular weight excluding hydrogens is 208 g/mol. The summed E-state index contributed by atoms with van der Waals surface area (Å²) >= 11 is 0. The van der Waals surface area contributed by atoms with Crippen molar-refractivity contribution >= 4 is 6.08 Å². The first-order chi connectivity index (χ1) is 8.29. The standard InChI is InChI=1S/C16H16O/c1-11-7-8-13-10-12-5-3-4-6-14(12)16(17-2)15(13)9-11/h3,5-10,16H,4H2,1-2H3. The van der Waals surface area contributed by atoms with Crippen molar-refractivity contribution in [1.82, 2.24) is 0 Å². The molecule has 2 aliphatic rings. The van der Waals surface area contributed by atoms with Crippen molar-refractivity contribution in [3.05, 3.63) is 64.3 Å². The minimum atomic E-state index is 0.0925. The van der Waals surface area contributed by atoms with Gasteiger partial charge in [0.25, 0.3) is 0 Å². The van der Waals surface area contributed by atoms with Crippen LogP contribution in [0.25, 0.3) is 6.08 Å². The Labute approximate surface area is 102 Å². The molecule has 2 aliphatic carbocycles. The fourth-order valence-corrected chi connectivity index (χ4v) is 2.64. The smallest absolute Gasteiger partial charge is 0.108 e. The van der Waals surface area contributed by atoms with Gasteiger partial charge in [0, 0.05) is 7.11 Å². The zero-order valence-corrected chi connectivity index (χ0v) is 10.2. The predicted octanol–water partition coefficient (Wildman–Crippen LogP) is 3.97. The third-order valence-corrected chi connectivity index (χ3v) is 3.46. The zero-order chi connectivity index (χ0) is 11.8. The highest BCUT2D eigenvalue weighted by atomic mass is 16.5. The monoisotopic (exact) mass is 224 g/mol. The number of aryl methyl sites for hydroxylation is 1. The lowest BCUT2D eigenvalue weighted by Gasteiger charge is -2.28. The van der Waals surface area contributed by atoms with Gasteiger partial charge in [-0.3, -0.25) is 0 Å². The molecule has 1 unspecified atom stereocenters. The summed E-state index contributed by atoms with van der Waals surface area (Å²) in [6, 6.07) is 6.57. The molecule has 86 valence electrons. The van der Waals surface area contributed by atoms with Crippen molar-refractivity contribution in [2.45, 2.75) is 19.4 Å². The Balaban J connectivity index is 2.21. The molecule has 1 nitrogen and oxygen atoms in total. The average molecular weight is 224 g/mol. The van der Waals surface area contributed by atoms with Crippen LogP contribution in [-0.2, 0) is 4.74 Å². The van der Waals surface area contributed by atoms with Crippen LogP contribution in [0.1, 0.15) is 29.2 Å². The van der Waals surface area contributed by atoms with E-state index in [-0.39, 0.29) is 6.10 Å². The van der Waals surface area contributed by atoms with E-state index in [1.165, 1.54) is 27.8 Å². The Morgan fingerprint density at radius 1 is 1.29 bits per heavy atom. The average Bonchev–Trinajstić information content (AvgIpc) is 2.36. The van der Waals surface area contributed by atoms with E-state index in [1.54, 1.807) is 7.11 Å². The van der Waals surface area contributed by atoms with E-state index in [4.69, 9.17) is 4.74 Å². The van der Waals surface area contributed by atoms with Gasteiger partial charge in [-0.05, 0) is 41.7 Å². The molecule has 1 aromatic carbocycles. The Bertz CT molecular complexity index is 547. The van der Waals surface area contributed by atoms with E-state index >= 15 is 0 Å². The Hall–Kier alpha value is -1.60. The van der Waals surface area contributed by atoms with Gasteiger partial charge in [0.15, 0.2) is 0 Å². The molecule has 17 heavy (non-hydrogen) atoms. The summed E-state index contributed by atoms with van der Waals surface area (Å²) in [4.78, 5) is 0. The Morgan fingerprint density at radius 3 is 3.00 bits per heavy atom. The van der Waals surface area contributed by atoms with Gasteiger partial charge in [-0.1, -0.05) is 42.0 Å². The van der Waals surface area contributed by atoms with E-state index in [2.05, 4.69) is 49.4 Å². The molecule has 1 aromatic rings. The number of rotatable bonds is 1. The van der Waals surface area contributed by atoms with Crippen LogP contribution < -0.4 is 0 Å². The zero-order valence-electron chi connectivity index (χ0n) is 10.2. The number of hydrogen-bond donors (Lipinski definition) is 0. The molecule has 0 heterocycles. The maximum absolute atomic E-state index is 5.70. The fraction of sp³-hybridized carbons (Fsp3) is 0.250. The van der Waals surface area contributed by atoms with Gasteiger partial charge < -0.3 is 4.74 Å². The summed E-state index contributed by atoms with van der Waals surface area (Å²) in [5, 5.41) is 0. The number of benzene rings is 1. The molecule has 0 bridgehead atoms. The topological polar surface area (TPSA) is 9.23 Å². The van der Waals surface area contributed by atoms with Crippen molar-refractivity contribution in [1.29, 1.82) is 0 Å². The lowest BCUT2D eigenvalue weighted by atomic mass is 9.82. The van der Waals surface area contributed by atoms with Gasteiger partial charge in [0.05, 0.1) is 0 Å². The fourth-order valence-electron chi connectivity index (χ4n) is 2.64. The van der Waals surface area contributed by atoms with Crippen LogP contribution in [0.3, 0.4) is 0 Å². The van der Waals surface area contributed by atoms with Crippen LogP contribution in [0.4, 0.5) is 0 Å². The first kappa shape index (κ1) is 10.5. The maximum Gasteiger partial charge on any atom is 0.108 e. The van der Waals surface area contributed by atoms with Crippen LogP contribution in [0, 0.1) is 6.92 Å². The minimum Gasteiger partial charge on any atom is -0.372 e. The maximum atomic E-state index is 5.70. The molecule has 1 heteroatoms. The van der Waals surface area contributed by atoms with Crippen molar-refractivity contribution < 1.29 is 4.74 Å². The highest BCUT2D eigenvalue weighted by Gasteiger charge is 2.25. The predicted molar refractivity (Wildman–Crippen MR) is 70.7 cm³/mol. The van der Waals surface area contributed by atoms with Crippen molar-refractivity contribution in [3.8, 4) is 0 Å². The summed E-state index contributed by atoms with van der Waals surface area (Å²) in [6.07, 6.45) is 10.0. The SMILES string of the molecule is COC1C2=CCC=CC2=Cc2ccc(C)cc21. The summed E-state index contributed by atoms with van der Waals surface area (Å²) in [5.74, 6) is 0. The molecule has 0 aliphatic heterocycles. The van der Waals surface area contributed by atoms with Crippen LogP contribution in [0.2, 0.25) is 0 Å². The second-order valence-corrected chi connectivity index (χ2v) is 4.65. The van der Waals surface area contributed by atoms with Gasteiger partial charge >= 0.3 is 0 Å². The minimum absolute atomic E-state index is 0.0925. The molecule has 0 fully saturated rings. The van der Waals surface area contributed by atoms with Crippen molar-refractivity contribution in [3.63, 3.8) is 0 Å². The molecule has 0 saturated carbocycles. The normalized spacial score (nSPS) is 21.4. The summed E-state index contributed by atoms with van der Waals surface area (Å²) in [6.45, 7) is 2.13. The molecule has 3 rings (SSSR count). The Kier molecular flexibility index (Phi) is 2.49. The second-order valence-electron chi connectivity index (χ2n) is 4.65. The third-order valence-electron chi connectivity index (χ3n) is 3.46. The van der Waals surface area contributed by atoms with E-state index < -0.39 is 0 Å². The molecule has 0 aromatic heterocycles. The lowest BCUT2D eigenvalue weighted by Crippen LogP contribution is -2.13. The van der Waals surface area contributed by atoms with Crippen LogP contribution >= 0.6 is 0 Å². The molecule has 1 atom stereocenters. The number of hydrogen-bond acceptors (Lipinski definition) is 1. The summed E-state index contributed by atoms with van der Waals surface area (Å²) in [7, 11) is 1.79. The lowest BCUT2D eigenvalue weighted by molar-refractivity contribution is 0.134. The highest BCUT2D eigenvalue weighted by Crippen LogP contribution is 2.40. The highest BCUT2D eigenvalue weighted by molar-refractivity contribution is 5.71. The first-order valence-electron chi connectivity index (χ1n) is 6.01. The van der Waals surface area contributed by atoms with E-state index in [1.807, 2.05) is 0 Å². The first-order valence-corrected chi connectivity index (χ1v) is 6.01. The molecule has 0 amide bonds. The van der Waals surface area contributed by atoms with Crippen LogP contribution in [0.5, 0.6) is 0 Å². The third kappa shape index (κ3) is 1.67. The number of methoxy groups -OCH3 is 1. The molecule has 0 saturated heterocycles. The molecule has 0 spiro atoms. The van der Waals surface area contributed by atoms with Gasteiger partial charge in [-0.15, -0.1) is 0 Å². The van der Waals surface area contributed by atoms with Crippen molar-refractivity contribution in [2.75, 3.05) is 7.11 Å². The van der Waals surface area contributed by atoms with Gasteiger partial charge in [-0.2, -0.15) is 0 Å². The van der Waals surface area contributed by atoms with Gasteiger partial charge in [0.1, 0.15) is 6.10 Å². The second kappa shape index (κ2) is 4.01. The van der Waals surface area contributed by atoms with Crippen LogP contribution in [-0.4, -0.2) is 7.11 Å². The largest absolute Gasteiger partial charge is 0.372 e. The molecule has 0 N–H and O–H groups in total. The molecular formula is C16H16O.